The zero-order chi connectivity index (χ0) is 27.8. The van der Waals surface area contributed by atoms with Gasteiger partial charge in [0, 0.05) is 21.8 Å². The fourth-order valence-corrected chi connectivity index (χ4v) is 4.85. The van der Waals surface area contributed by atoms with Crippen LogP contribution in [0.25, 0.3) is 0 Å². The van der Waals surface area contributed by atoms with E-state index in [-0.39, 0.29) is 12.6 Å². The molecule has 0 saturated heterocycles. The lowest BCUT2D eigenvalue weighted by molar-refractivity contribution is -0.146. The molecule has 9 heteroatoms. The van der Waals surface area contributed by atoms with E-state index in [2.05, 4.69) is 35.4 Å². The number of carboxylic acids is 1. The number of thiol groups is 1. The Morgan fingerprint density at radius 2 is 1.54 bits per heavy atom. The van der Waals surface area contributed by atoms with Gasteiger partial charge in [0.25, 0.3) is 5.91 Å². The molecule has 1 aliphatic rings. The molecule has 0 spiro atoms. The van der Waals surface area contributed by atoms with E-state index in [9.17, 15) is 19.5 Å². The molecule has 0 aliphatic heterocycles. The number of nitrogens with one attached hydrogen (secondary N) is 2. The first-order valence-electron chi connectivity index (χ1n) is 13.1. The van der Waals surface area contributed by atoms with Crippen LogP contribution in [-0.4, -0.2) is 40.8 Å². The van der Waals surface area contributed by atoms with Gasteiger partial charge in [0.15, 0.2) is 6.10 Å². The molecular formula is C30H33N3O5S. The number of nitrogens with zero attached hydrogens (tertiary/aromatic N) is 1. The Morgan fingerprint density at radius 1 is 0.897 bits per heavy atom. The Bertz CT molecular complexity index is 1270. The zero-order valence-corrected chi connectivity index (χ0v) is 22.4. The molecule has 4 rings (SSSR count). The van der Waals surface area contributed by atoms with E-state index in [1.807, 2.05) is 12.1 Å². The summed E-state index contributed by atoms with van der Waals surface area (Å²) in [6, 6.07) is 21.8. The predicted molar refractivity (Wildman–Crippen MR) is 154 cm³/mol. The molecule has 8 nitrogen and oxygen atoms in total. The summed E-state index contributed by atoms with van der Waals surface area (Å²) in [5.41, 5.74) is 3.82. The van der Waals surface area contributed by atoms with Gasteiger partial charge in [0.2, 0.25) is 0 Å². The Labute approximate surface area is 233 Å². The van der Waals surface area contributed by atoms with Crippen LogP contribution in [0.4, 0.5) is 16.2 Å². The summed E-state index contributed by atoms with van der Waals surface area (Å²) < 4.78 is 0. The third-order valence-electron chi connectivity index (χ3n) is 6.94. The molecule has 1 atom stereocenters. The van der Waals surface area contributed by atoms with Gasteiger partial charge in [-0.1, -0.05) is 43.5 Å². The van der Waals surface area contributed by atoms with Gasteiger partial charge in [0.05, 0.1) is 13.1 Å². The van der Waals surface area contributed by atoms with Crippen molar-refractivity contribution in [1.82, 2.24) is 5.32 Å². The lowest BCUT2D eigenvalue weighted by Crippen LogP contribution is -2.36. The van der Waals surface area contributed by atoms with Gasteiger partial charge in [-0.2, -0.15) is 0 Å². The molecule has 1 saturated carbocycles. The maximum atomic E-state index is 13.4. The first-order valence-corrected chi connectivity index (χ1v) is 13.5. The second kappa shape index (κ2) is 13.3. The monoisotopic (exact) mass is 547 g/mol. The van der Waals surface area contributed by atoms with Crippen molar-refractivity contribution in [2.75, 3.05) is 16.8 Å². The molecule has 3 aromatic carbocycles. The van der Waals surface area contributed by atoms with E-state index in [0.717, 1.165) is 16.1 Å². The van der Waals surface area contributed by atoms with Crippen LogP contribution >= 0.6 is 12.6 Å². The predicted octanol–water partition coefficient (Wildman–Crippen LogP) is 5.44. The fourth-order valence-electron chi connectivity index (χ4n) is 4.70. The van der Waals surface area contributed by atoms with E-state index in [1.54, 1.807) is 53.4 Å². The van der Waals surface area contributed by atoms with Crippen molar-refractivity contribution in [2.45, 2.75) is 55.6 Å². The summed E-state index contributed by atoms with van der Waals surface area (Å²) in [6.07, 6.45) is 4.51. The maximum Gasteiger partial charge on any atom is 0.334 e. The summed E-state index contributed by atoms with van der Waals surface area (Å²) >= 11 is 4.30. The number of anilines is 2. The molecule has 3 aromatic rings. The standard InChI is InChI=1S/C30H33N3O5S/c34-27(29(36)37)18-31-28(35)23-8-6-20(7-9-23)19-33(30(38)32-24-12-16-26(39)17-13-24)25-14-10-22(11-15-25)21-4-2-1-3-5-21/h6-17,21,27,34,39H,1-5,18-19H2,(H,31,35)(H,32,38)(H,36,37)/t27-/m1/s1. The molecule has 1 aliphatic carbocycles. The maximum absolute atomic E-state index is 13.4. The number of carbonyl (C=O) groups is 3. The highest BCUT2D eigenvalue weighted by Gasteiger charge is 2.20. The van der Waals surface area contributed by atoms with Gasteiger partial charge >= 0.3 is 12.0 Å². The number of aliphatic carboxylic acids is 1. The highest BCUT2D eigenvalue weighted by Crippen LogP contribution is 2.33. The number of carbonyl (C=O) groups excluding carboxylic acids is 2. The Kier molecular flexibility index (Phi) is 9.62. The molecular weight excluding hydrogens is 514 g/mol. The average molecular weight is 548 g/mol. The molecule has 0 bridgehead atoms. The Balaban J connectivity index is 1.50. The molecule has 0 unspecified atom stereocenters. The van der Waals surface area contributed by atoms with Crippen molar-refractivity contribution in [2.24, 2.45) is 0 Å². The molecule has 0 aromatic heterocycles. The number of urea groups is 1. The van der Waals surface area contributed by atoms with Crippen molar-refractivity contribution in [3.8, 4) is 0 Å². The molecule has 204 valence electrons. The number of aliphatic hydroxyl groups is 1. The second-order valence-electron chi connectivity index (χ2n) is 9.75. The van der Waals surface area contributed by atoms with Crippen molar-refractivity contribution in [3.05, 3.63) is 89.5 Å². The average Bonchev–Trinajstić information content (AvgIpc) is 2.96. The molecule has 3 amide bonds. The highest BCUT2D eigenvalue weighted by atomic mass is 32.1. The summed E-state index contributed by atoms with van der Waals surface area (Å²) in [5.74, 6) is -1.34. The largest absolute Gasteiger partial charge is 0.479 e. The van der Waals surface area contributed by atoms with Crippen molar-refractivity contribution in [1.29, 1.82) is 0 Å². The van der Waals surface area contributed by atoms with E-state index < -0.39 is 24.5 Å². The summed E-state index contributed by atoms with van der Waals surface area (Å²) in [5, 5.41) is 23.5. The SMILES string of the molecule is O=C(NC[C@@H](O)C(=O)O)c1ccc(CN(C(=O)Nc2ccc(S)cc2)c2ccc(C3CCCCC3)cc2)cc1. The quantitative estimate of drug-likeness (QED) is 0.229. The van der Waals surface area contributed by atoms with Gasteiger partial charge < -0.3 is 20.8 Å². The number of aliphatic hydroxyl groups excluding tert-OH is 1. The number of hydrogen-bond acceptors (Lipinski definition) is 5. The van der Waals surface area contributed by atoms with Gasteiger partial charge in [-0.3, -0.25) is 9.69 Å². The normalized spacial score (nSPS) is 14.3. The summed E-state index contributed by atoms with van der Waals surface area (Å²) in [6.45, 7) is -0.131. The highest BCUT2D eigenvalue weighted by molar-refractivity contribution is 7.80. The zero-order valence-electron chi connectivity index (χ0n) is 21.5. The minimum atomic E-state index is -1.67. The van der Waals surface area contributed by atoms with Crippen LogP contribution in [0.5, 0.6) is 0 Å². The number of amides is 3. The Hall–Kier alpha value is -3.82. The molecule has 0 radical (unpaired) electrons. The fraction of sp³-hybridized carbons (Fsp3) is 0.300. The third-order valence-corrected chi connectivity index (χ3v) is 7.24. The van der Waals surface area contributed by atoms with Crippen LogP contribution in [0.1, 0.15) is 59.5 Å². The van der Waals surface area contributed by atoms with E-state index >= 15 is 0 Å². The first kappa shape index (κ1) is 28.2. The van der Waals surface area contributed by atoms with Crippen LogP contribution in [0.2, 0.25) is 0 Å². The minimum Gasteiger partial charge on any atom is -0.479 e. The molecule has 0 heterocycles. The number of benzene rings is 3. The van der Waals surface area contributed by atoms with Crippen molar-refractivity contribution < 1.29 is 24.6 Å². The molecule has 39 heavy (non-hydrogen) atoms. The smallest absolute Gasteiger partial charge is 0.334 e. The lowest BCUT2D eigenvalue weighted by Gasteiger charge is -2.26. The molecule has 4 N–H and O–H groups in total. The van der Waals surface area contributed by atoms with E-state index in [1.165, 1.54) is 37.7 Å². The van der Waals surface area contributed by atoms with Gasteiger partial charge in [-0.15, -0.1) is 12.6 Å². The first-order chi connectivity index (χ1) is 18.8. The number of carboxylic acid groups (broad SMARTS) is 1. The van der Waals surface area contributed by atoms with Crippen LogP contribution < -0.4 is 15.5 Å². The van der Waals surface area contributed by atoms with Crippen molar-refractivity contribution >= 4 is 41.9 Å². The second-order valence-corrected chi connectivity index (χ2v) is 10.3. The van der Waals surface area contributed by atoms with Crippen LogP contribution in [0.15, 0.2) is 77.7 Å². The van der Waals surface area contributed by atoms with Crippen LogP contribution in [-0.2, 0) is 11.3 Å². The van der Waals surface area contributed by atoms with Gasteiger partial charge in [-0.05, 0) is 78.4 Å². The lowest BCUT2D eigenvalue weighted by atomic mass is 9.84. The molecule has 1 fully saturated rings. The topological polar surface area (TPSA) is 119 Å². The van der Waals surface area contributed by atoms with Crippen LogP contribution in [0.3, 0.4) is 0 Å². The van der Waals surface area contributed by atoms with Gasteiger partial charge in [-0.25, -0.2) is 9.59 Å². The Morgan fingerprint density at radius 3 is 2.15 bits per heavy atom. The number of hydrogen-bond donors (Lipinski definition) is 5. The van der Waals surface area contributed by atoms with Crippen molar-refractivity contribution in [3.63, 3.8) is 0 Å². The summed E-state index contributed by atoms with van der Waals surface area (Å²) in [7, 11) is 0. The van der Waals surface area contributed by atoms with E-state index in [4.69, 9.17) is 5.11 Å². The summed E-state index contributed by atoms with van der Waals surface area (Å²) in [4.78, 5) is 39.0. The number of rotatable bonds is 9. The van der Waals surface area contributed by atoms with Gasteiger partial charge in [0.1, 0.15) is 0 Å². The van der Waals surface area contributed by atoms with E-state index in [0.29, 0.717) is 17.2 Å². The minimum absolute atomic E-state index is 0.263. The van der Waals surface area contributed by atoms with Crippen LogP contribution in [0, 0.1) is 0 Å². The third kappa shape index (κ3) is 7.84.